The lowest BCUT2D eigenvalue weighted by molar-refractivity contribution is 0.0696. The molecular weight excluding hydrogens is 304 g/mol. The van der Waals surface area contributed by atoms with Crippen molar-refractivity contribution in [3.8, 4) is 0 Å². The van der Waals surface area contributed by atoms with Crippen LogP contribution in [0, 0.1) is 0 Å². The lowest BCUT2D eigenvalue weighted by atomic mass is 10.2. The summed E-state index contributed by atoms with van der Waals surface area (Å²) in [6.45, 7) is 2.96. The molecule has 1 rings (SSSR count). The molecule has 0 amide bonds. The number of sulfone groups is 2. The monoisotopic (exact) mass is 320 g/mol. The van der Waals surface area contributed by atoms with E-state index in [4.69, 9.17) is 5.11 Å². The first-order valence-electron chi connectivity index (χ1n) is 5.84. The molecule has 0 aliphatic carbocycles. The van der Waals surface area contributed by atoms with Gasteiger partial charge in [-0.2, -0.15) is 0 Å². The molecule has 0 saturated carbocycles. The van der Waals surface area contributed by atoms with Gasteiger partial charge in [-0.3, -0.25) is 0 Å². The first-order chi connectivity index (χ1) is 9.06. The Bertz CT molecular complexity index is 701. The second-order valence-corrected chi connectivity index (χ2v) is 9.35. The first-order valence-corrected chi connectivity index (χ1v) is 9.21. The van der Waals surface area contributed by atoms with Crippen LogP contribution >= 0.6 is 0 Å². The maximum absolute atomic E-state index is 12.0. The Morgan fingerprint density at radius 1 is 1.15 bits per heavy atom. The van der Waals surface area contributed by atoms with Crippen molar-refractivity contribution in [3.05, 3.63) is 29.8 Å². The van der Waals surface area contributed by atoms with Crippen LogP contribution in [-0.4, -0.2) is 44.7 Å². The molecule has 1 N–H and O–H groups in total. The molecule has 8 heteroatoms. The molecule has 1 aromatic carbocycles. The number of carboxylic acids is 1. The number of carboxylic acid groups (broad SMARTS) is 1. The predicted octanol–water partition coefficient (Wildman–Crippen LogP) is 0.982. The summed E-state index contributed by atoms with van der Waals surface area (Å²) in [7, 11) is -7.29. The molecule has 0 aliphatic rings. The Morgan fingerprint density at radius 2 is 1.75 bits per heavy atom. The van der Waals surface area contributed by atoms with Crippen LogP contribution in [0.3, 0.4) is 0 Å². The average Bonchev–Trinajstić information content (AvgIpc) is 2.36. The van der Waals surface area contributed by atoms with E-state index in [2.05, 4.69) is 0 Å². The summed E-state index contributed by atoms with van der Waals surface area (Å²) in [5, 5.41) is 8.17. The summed E-state index contributed by atoms with van der Waals surface area (Å²) in [6, 6.07) is 4.86. The molecule has 112 valence electrons. The molecule has 0 spiro atoms. The third-order valence-corrected chi connectivity index (χ3v) is 6.98. The highest BCUT2D eigenvalue weighted by molar-refractivity contribution is 7.95. The molecule has 0 heterocycles. The zero-order chi connectivity index (χ0) is 15.6. The van der Waals surface area contributed by atoms with Crippen molar-refractivity contribution in [1.82, 2.24) is 0 Å². The first kappa shape index (κ1) is 16.6. The van der Waals surface area contributed by atoms with Crippen LogP contribution in [0.5, 0.6) is 0 Å². The summed E-state index contributed by atoms with van der Waals surface area (Å²) in [4.78, 5) is 10.6. The van der Waals surface area contributed by atoms with Crippen LogP contribution in [0.25, 0.3) is 0 Å². The molecule has 1 aromatic rings. The van der Waals surface area contributed by atoms with Gasteiger partial charge in [-0.25, -0.2) is 21.6 Å². The smallest absolute Gasteiger partial charge is 0.335 e. The minimum absolute atomic E-state index is 0.155. The van der Waals surface area contributed by atoms with Gasteiger partial charge in [0, 0.05) is 0 Å². The van der Waals surface area contributed by atoms with Crippen molar-refractivity contribution in [1.29, 1.82) is 0 Å². The van der Waals surface area contributed by atoms with E-state index in [1.165, 1.54) is 32.0 Å². The maximum Gasteiger partial charge on any atom is 0.335 e. The SMILES string of the molecule is CC(C)S(=O)(=O)CCS(=O)(=O)c1cccc(C(=O)O)c1. The Labute approximate surface area is 118 Å². The maximum atomic E-state index is 12.0. The summed E-state index contributed by atoms with van der Waals surface area (Å²) < 4.78 is 47.3. The minimum Gasteiger partial charge on any atom is -0.478 e. The topological polar surface area (TPSA) is 106 Å². The van der Waals surface area contributed by atoms with E-state index in [9.17, 15) is 21.6 Å². The number of hydrogen-bond acceptors (Lipinski definition) is 5. The molecule has 0 atom stereocenters. The van der Waals surface area contributed by atoms with E-state index in [1.54, 1.807) is 0 Å². The standard InChI is InChI=1S/C12H16O6S2/c1-9(2)19(15,16)6-7-20(17,18)11-5-3-4-10(8-11)12(13)14/h3-5,8-9H,6-7H2,1-2H3,(H,13,14). The van der Waals surface area contributed by atoms with Gasteiger partial charge in [-0.05, 0) is 32.0 Å². The van der Waals surface area contributed by atoms with Crippen LogP contribution in [0.4, 0.5) is 0 Å². The number of rotatable bonds is 6. The molecule has 0 aromatic heterocycles. The van der Waals surface area contributed by atoms with Gasteiger partial charge in [-0.1, -0.05) is 6.07 Å². The van der Waals surface area contributed by atoms with Gasteiger partial charge in [0.2, 0.25) is 0 Å². The van der Waals surface area contributed by atoms with Crippen molar-refractivity contribution in [2.45, 2.75) is 24.0 Å². The predicted molar refractivity (Wildman–Crippen MR) is 74.4 cm³/mol. The van der Waals surface area contributed by atoms with Gasteiger partial charge in [0.25, 0.3) is 0 Å². The van der Waals surface area contributed by atoms with Crippen LogP contribution in [0.2, 0.25) is 0 Å². The van der Waals surface area contributed by atoms with E-state index in [0.717, 1.165) is 6.07 Å². The Morgan fingerprint density at radius 3 is 2.25 bits per heavy atom. The molecular formula is C12H16O6S2. The van der Waals surface area contributed by atoms with Crippen LogP contribution in [0.15, 0.2) is 29.2 Å². The third kappa shape index (κ3) is 4.04. The zero-order valence-electron chi connectivity index (χ0n) is 11.1. The second kappa shape index (κ2) is 5.92. The van der Waals surface area contributed by atoms with Gasteiger partial charge in [0.15, 0.2) is 19.7 Å². The van der Waals surface area contributed by atoms with Crippen molar-refractivity contribution >= 4 is 25.6 Å². The highest BCUT2D eigenvalue weighted by Crippen LogP contribution is 2.15. The Hall–Kier alpha value is -1.41. The molecule has 20 heavy (non-hydrogen) atoms. The molecule has 0 unspecified atom stereocenters. The van der Waals surface area contributed by atoms with Gasteiger partial charge in [-0.15, -0.1) is 0 Å². The number of aromatic carboxylic acids is 1. The number of hydrogen-bond donors (Lipinski definition) is 1. The fraction of sp³-hybridized carbons (Fsp3) is 0.417. The van der Waals surface area contributed by atoms with E-state index in [0.29, 0.717) is 0 Å². The highest BCUT2D eigenvalue weighted by atomic mass is 32.2. The van der Waals surface area contributed by atoms with Crippen molar-refractivity contribution in [2.75, 3.05) is 11.5 Å². The normalized spacial score (nSPS) is 12.6. The third-order valence-electron chi connectivity index (χ3n) is 2.79. The lowest BCUT2D eigenvalue weighted by Crippen LogP contribution is -2.23. The quantitative estimate of drug-likeness (QED) is 0.837. The Balaban J connectivity index is 3.01. The van der Waals surface area contributed by atoms with E-state index in [-0.39, 0.29) is 10.5 Å². The fourth-order valence-electron chi connectivity index (χ4n) is 1.40. The van der Waals surface area contributed by atoms with Crippen LogP contribution < -0.4 is 0 Å². The zero-order valence-corrected chi connectivity index (χ0v) is 12.7. The van der Waals surface area contributed by atoms with E-state index < -0.39 is 42.4 Å². The highest BCUT2D eigenvalue weighted by Gasteiger charge is 2.22. The van der Waals surface area contributed by atoms with E-state index in [1.807, 2.05) is 0 Å². The van der Waals surface area contributed by atoms with Gasteiger partial charge in [0.1, 0.15) is 0 Å². The second-order valence-electron chi connectivity index (χ2n) is 4.57. The number of benzene rings is 1. The summed E-state index contributed by atoms with van der Waals surface area (Å²) in [5.74, 6) is -2.28. The van der Waals surface area contributed by atoms with Crippen molar-refractivity contribution in [2.24, 2.45) is 0 Å². The molecule has 0 aliphatic heterocycles. The van der Waals surface area contributed by atoms with E-state index >= 15 is 0 Å². The van der Waals surface area contributed by atoms with Gasteiger partial charge < -0.3 is 5.11 Å². The van der Waals surface area contributed by atoms with Crippen molar-refractivity contribution in [3.63, 3.8) is 0 Å². The van der Waals surface area contributed by atoms with Crippen molar-refractivity contribution < 1.29 is 26.7 Å². The Kier molecular flexibility index (Phi) is 4.93. The lowest BCUT2D eigenvalue weighted by Gasteiger charge is -2.08. The minimum atomic E-state index is -3.83. The number of carbonyl (C=O) groups is 1. The van der Waals surface area contributed by atoms with Crippen LogP contribution in [0.1, 0.15) is 24.2 Å². The molecule has 0 radical (unpaired) electrons. The average molecular weight is 320 g/mol. The van der Waals surface area contributed by atoms with Crippen LogP contribution in [-0.2, 0) is 19.7 Å². The van der Waals surface area contributed by atoms with Gasteiger partial charge in [0.05, 0.1) is 27.2 Å². The summed E-state index contributed by atoms with van der Waals surface area (Å²) >= 11 is 0. The molecule has 0 bridgehead atoms. The van der Waals surface area contributed by atoms with Gasteiger partial charge >= 0.3 is 5.97 Å². The summed E-state index contributed by atoms with van der Waals surface area (Å²) in [6.07, 6.45) is 0. The summed E-state index contributed by atoms with van der Waals surface area (Å²) in [5.41, 5.74) is -0.155. The molecule has 6 nitrogen and oxygen atoms in total. The molecule has 0 fully saturated rings. The fourth-order valence-corrected chi connectivity index (χ4v) is 4.51. The largest absolute Gasteiger partial charge is 0.478 e. The molecule has 0 saturated heterocycles.